The zero-order valence-electron chi connectivity index (χ0n) is 10.0. The zero-order valence-corrected chi connectivity index (χ0v) is 10.8. The molecule has 0 aromatic carbocycles. The summed E-state index contributed by atoms with van der Waals surface area (Å²) in [7, 11) is -3.09. The highest BCUT2D eigenvalue weighted by Gasteiger charge is 2.37. The van der Waals surface area contributed by atoms with Crippen LogP contribution < -0.4 is 5.32 Å². The minimum Gasteiger partial charge on any atom is -0.313 e. The van der Waals surface area contributed by atoms with Crippen molar-refractivity contribution in [3.8, 4) is 12.3 Å². The van der Waals surface area contributed by atoms with Gasteiger partial charge in [-0.05, 0) is 26.8 Å². The van der Waals surface area contributed by atoms with Crippen molar-refractivity contribution in [2.24, 2.45) is 0 Å². The summed E-state index contributed by atoms with van der Waals surface area (Å²) in [5, 5.41) is 3.19. The van der Waals surface area contributed by atoms with Gasteiger partial charge in [0.1, 0.15) is 0 Å². The number of hydrogen-bond acceptors (Lipinski definition) is 3. The van der Waals surface area contributed by atoms with Crippen LogP contribution in [0.25, 0.3) is 0 Å². The van der Waals surface area contributed by atoms with Crippen LogP contribution in [0.3, 0.4) is 0 Å². The molecule has 0 aromatic heterocycles. The largest absolute Gasteiger partial charge is 0.313 e. The molecule has 3 nitrogen and oxygen atoms in total. The second-order valence-electron chi connectivity index (χ2n) is 4.23. The van der Waals surface area contributed by atoms with Gasteiger partial charge in [0, 0.05) is 18.7 Å². The lowest BCUT2D eigenvalue weighted by Crippen LogP contribution is -2.51. The summed E-state index contributed by atoms with van der Waals surface area (Å²) in [4.78, 5) is 0. The fourth-order valence-electron chi connectivity index (χ4n) is 1.43. The number of nitrogens with one attached hydrogen (secondary N) is 1. The van der Waals surface area contributed by atoms with Gasteiger partial charge in [0.2, 0.25) is 0 Å². The molecule has 0 aliphatic heterocycles. The molecule has 0 aliphatic carbocycles. The number of sulfone groups is 1. The van der Waals surface area contributed by atoms with E-state index in [1.807, 2.05) is 6.92 Å². The van der Waals surface area contributed by atoms with E-state index in [2.05, 4.69) is 11.2 Å². The second kappa shape index (κ2) is 5.53. The standard InChI is InChI=1S/C11H21NO2S/c1-6-8-9-10(12-7-2)11(3,4)15(5,13)14/h1,10,12H,7-9H2,2-5H3. The lowest BCUT2D eigenvalue weighted by Gasteiger charge is -2.33. The first-order valence-corrected chi connectivity index (χ1v) is 7.03. The first-order valence-electron chi connectivity index (χ1n) is 5.13. The predicted molar refractivity (Wildman–Crippen MR) is 64.5 cm³/mol. The van der Waals surface area contributed by atoms with Crippen molar-refractivity contribution in [1.82, 2.24) is 5.32 Å². The molecule has 0 aliphatic rings. The molecule has 0 rings (SSSR count). The van der Waals surface area contributed by atoms with E-state index >= 15 is 0 Å². The minimum atomic E-state index is -3.09. The molecule has 0 aromatic rings. The molecular formula is C11H21NO2S. The highest BCUT2D eigenvalue weighted by Crippen LogP contribution is 2.23. The van der Waals surface area contributed by atoms with E-state index in [0.717, 1.165) is 6.54 Å². The van der Waals surface area contributed by atoms with Crippen LogP contribution in [0.4, 0.5) is 0 Å². The van der Waals surface area contributed by atoms with Crippen LogP contribution in [-0.2, 0) is 9.84 Å². The molecule has 0 bridgehead atoms. The van der Waals surface area contributed by atoms with E-state index in [1.165, 1.54) is 6.26 Å². The predicted octanol–water partition coefficient (Wildman–Crippen LogP) is 1.20. The van der Waals surface area contributed by atoms with E-state index in [9.17, 15) is 8.42 Å². The Labute approximate surface area is 93.6 Å². The molecule has 0 amide bonds. The molecule has 1 N–H and O–H groups in total. The second-order valence-corrected chi connectivity index (χ2v) is 6.83. The SMILES string of the molecule is C#CCCC(NCC)C(C)(C)S(C)(=O)=O. The fraction of sp³-hybridized carbons (Fsp3) is 0.818. The lowest BCUT2D eigenvalue weighted by atomic mass is 9.98. The maximum absolute atomic E-state index is 11.6. The average Bonchev–Trinajstić information content (AvgIpc) is 2.10. The molecule has 88 valence electrons. The molecule has 0 heterocycles. The van der Waals surface area contributed by atoms with E-state index in [1.54, 1.807) is 13.8 Å². The van der Waals surface area contributed by atoms with E-state index < -0.39 is 14.6 Å². The topological polar surface area (TPSA) is 46.2 Å². The summed E-state index contributed by atoms with van der Waals surface area (Å²) in [6.45, 7) is 6.19. The Hall–Kier alpha value is -0.530. The number of rotatable bonds is 6. The molecule has 0 radical (unpaired) electrons. The Morgan fingerprint density at radius 3 is 2.33 bits per heavy atom. The van der Waals surface area contributed by atoms with Gasteiger partial charge in [0.15, 0.2) is 9.84 Å². The molecule has 0 spiro atoms. The maximum atomic E-state index is 11.6. The van der Waals surface area contributed by atoms with Crippen molar-refractivity contribution in [3.05, 3.63) is 0 Å². The third kappa shape index (κ3) is 3.84. The Morgan fingerprint density at radius 2 is 2.00 bits per heavy atom. The highest BCUT2D eigenvalue weighted by atomic mass is 32.2. The van der Waals surface area contributed by atoms with Crippen LogP contribution in [-0.4, -0.2) is 32.0 Å². The molecule has 1 unspecified atom stereocenters. The van der Waals surface area contributed by atoms with Gasteiger partial charge < -0.3 is 5.32 Å². The van der Waals surface area contributed by atoms with Crippen LogP contribution in [0.1, 0.15) is 33.6 Å². The van der Waals surface area contributed by atoms with Gasteiger partial charge in [0.25, 0.3) is 0 Å². The first-order chi connectivity index (χ1) is 6.77. The Morgan fingerprint density at radius 1 is 1.47 bits per heavy atom. The molecule has 0 saturated heterocycles. The Bertz CT molecular complexity index is 325. The summed E-state index contributed by atoms with van der Waals surface area (Å²) in [6, 6.07) is -0.0893. The van der Waals surface area contributed by atoms with Crippen molar-refractivity contribution in [2.75, 3.05) is 12.8 Å². The average molecular weight is 231 g/mol. The summed E-state index contributed by atoms with van der Waals surface area (Å²) in [5.41, 5.74) is 0. The van der Waals surface area contributed by atoms with Crippen LogP contribution >= 0.6 is 0 Å². The van der Waals surface area contributed by atoms with Crippen LogP contribution in [0.2, 0.25) is 0 Å². The quantitative estimate of drug-likeness (QED) is 0.699. The van der Waals surface area contributed by atoms with Gasteiger partial charge >= 0.3 is 0 Å². The number of hydrogen-bond donors (Lipinski definition) is 1. The van der Waals surface area contributed by atoms with Crippen molar-refractivity contribution in [1.29, 1.82) is 0 Å². The van der Waals surface area contributed by atoms with Crippen LogP contribution in [0.15, 0.2) is 0 Å². The van der Waals surface area contributed by atoms with Crippen molar-refractivity contribution >= 4 is 9.84 Å². The molecule has 0 saturated carbocycles. The van der Waals surface area contributed by atoms with Gasteiger partial charge in [-0.25, -0.2) is 8.42 Å². The third-order valence-electron chi connectivity index (χ3n) is 2.82. The first kappa shape index (κ1) is 14.5. The zero-order chi connectivity index (χ0) is 12.1. The molecule has 1 atom stereocenters. The van der Waals surface area contributed by atoms with Gasteiger partial charge in [-0.3, -0.25) is 0 Å². The summed E-state index contributed by atoms with van der Waals surface area (Å²) >= 11 is 0. The van der Waals surface area contributed by atoms with Gasteiger partial charge in [-0.15, -0.1) is 12.3 Å². The van der Waals surface area contributed by atoms with E-state index in [-0.39, 0.29) is 6.04 Å². The van der Waals surface area contributed by atoms with Gasteiger partial charge in [-0.1, -0.05) is 6.92 Å². The molecule has 0 fully saturated rings. The molecule has 4 heteroatoms. The molecular weight excluding hydrogens is 210 g/mol. The Balaban J connectivity index is 4.83. The van der Waals surface area contributed by atoms with Crippen molar-refractivity contribution in [2.45, 2.75) is 44.4 Å². The van der Waals surface area contributed by atoms with Crippen LogP contribution in [0, 0.1) is 12.3 Å². The lowest BCUT2D eigenvalue weighted by molar-refractivity contribution is 0.399. The van der Waals surface area contributed by atoms with Crippen molar-refractivity contribution < 1.29 is 8.42 Å². The normalized spacial score (nSPS) is 14.6. The smallest absolute Gasteiger partial charge is 0.154 e. The fourth-order valence-corrected chi connectivity index (χ4v) is 2.15. The minimum absolute atomic E-state index is 0.0893. The summed E-state index contributed by atoms with van der Waals surface area (Å²) < 4.78 is 22.5. The highest BCUT2D eigenvalue weighted by molar-refractivity contribution is 7.92. The third-order valence-corrected chi connectivity index (χ3v) is 5.02. The van der Waals surface area contributed by atoms with Gasteiger partial charge in [-0.2, -0.15) is 0 Å². The van der Waals surface area contributed by atoms with E-state index in [0.29, 0.717) is 12.8 Å². The number of terminal acetylenes is 1. The summed E-state index contributed by atoms with van der Waals surface area (Å²) in [5.74, 6) is 2.55. The van der Waals surface area contributed by atoms with Crippen LogP contribution in [0.5, 0.6) is 0 Å². The Kier molecular flexibility index (Phi) is 5.33. The molecule has 15 heavy (non-hydrogen) atoms. The summed E-state index contributed by atoms with van der Waals surface area (Å²) in [6.07, 6.45) is 7.75. The van der Waals surface area contributed by atoms with Gasteiger partial charge in [0.05, 0.1) is 4.75 Å². The van der Waals surface area contributed by atoms with Crippen molar-refractivity contribution in [3.63, 3.8) is 0 Å². The van der Waals surface area contributed by atoms with E-state index in [4.69, 9.17) is 6.42 Å². The monoisotopic (exact) mass is 231 g/mol. The maximum Gasteiger partial charge on any atom is 0.154 e.